The van der Waals surface area contributed by atoms with Gasteiger partial charge < -0.3 is 9.97 Å². The fourth-order valence-electron chi connectivity index (χ4n) is 3.02. The van der Waals surface area contributed by atoms with Crippen LogP contribution in [0, 0.1) is 9.54 Å². The molecule has 0 spiro atoms. The number of nitrogens with zero attached hydrogens (tertiary/aromatic N) is 2. The van der Waals surface area contributed by atoms with Crippen molar-refractivity contribution in [3.8, 4) is 0 Å². The van der Waals surface area contributed by atoms with Crippen molar-refractivity contribution < 1.29 is 0 Å². The first-order chi connectivity index (χ1) is 10.7. The van der Waals surface area contributed by atoms with Crippen LogP contribution in [0.3, 0.4) is 0 Å². The van der Waals surface area contributed by atoms with Crippen molar-refractivity contribution in [2.75, 3.05) is 0 Å². The van der Waals surface area contributed by atoms with E-state index in [1.54, 1.807) is 0 Å². The predicted molar refractivity (Wildman–Crippen MR) is 92.1 cm³/mol. The van der Waals surface area contributed by atoms with E-state index in [2.05, 4.69) is 19.9 Å². The number of hydrogen-bond acceptors (Lipinski definition) is 4. The summed E-state index contributed by atoms with van der Waals surface area (Å²) < 4.78 is 1.23. The van der Waals surface area contributed by atoms with Gasteiger partial charge in [-0.1, -0.05) is 0 Å². The number of nitrogens with one attached hydrogen (secondary N) is 2. The van der Waals surface area contributed by atoms with E-state index < -0.39 is 0 Å². The van der Waals surface area contributed by atoms with Crippen LogP contribution in [0.4, 0.5) is 0 Å². The largest absolute Gasteiger partial charge is 0.334 e. The molecule has 2 aromatic rings. The fourth-order valence-corrected chi connectivity index (χ4v) is 3.38. The van der Waals surface area contributed by atoms with Gasteiger partial charge in [0.25, 0.3) is 0 Å². The molecular formula is C16H20N4S2. The van der Waals surface area contributed by atoms with E-state index in [4.69, 9.17) is 24.4 Å². The second-order valence-corrected chi connectivity index (χ2v) is 6.57. The number of rotatable bonds is 0. The lowest BCUT2D eigenvalue weighted by atomic mass is 9.98. The molecule has 2 N–H and O–H groups in total. The minimum absolute atomic E-state index is 0.616. The Balaban J connectivity index is 0.000000131. The molecule has 2 aliphatic carbocycles. The Hall–Kier alpha value is -1.40. The second-order valence-electron chi connectivity index (χ2n) is 5.80. The molecule has 0 bridgehead atoms. The summed E-state index contributed by atoms with van der Waals surface area (Å²) in [6.07, 6.45) is 13.6. The highest BCUT2D eigenvalue weighted by Crippen LogP contribution is 2.18. The third-order valence-electron chi connectivity index (χ3n) is 4.21. The first-order valence-corrected chi connectivity index (χ1v) is 8.68. The lowest BCUT2D eigenvalue weighted by Crippen LogP contribution is -2.05. The minimum Gasteiger partial charge on any atom is -0.334 e. The summed E-state index contributed by atoms with van der Waals surface area (Å²) in [6, 6.07) is 0. The fraction of sp³-hybridized carbons (Fsp3) is 0.500. The van der Waals surface area contributed by atoms with Crippen molar-refractivity contribution in [3.05, 3.63) is 44.5 Å². The molecule has 0 atom stereocenters. The zero-order chi connectivity index (χ0) is 15.4. The van der Waals surface area contributed by atoms with Crippen LogP contribution in [0.5, 0.6) is 0 Å². The van der Waals surface area contributed by atoms with Crippen molar-refractivity contribution in [2.45, 2.75) is 51.4 Å². The molecule has 22 heavy (non-hydrogen) atoms. The molecule has 0 radical (unpaired) electrons. The molecule has 0 aromatic carbocycles. The van der Waals surface area contributed by atoms with Gasteiger partial charge in [0.2, 0.25) is 0 Å². The van der Waals surface area contributed by atoms with Crippen LogP contribution in [0.1, 0.15) is 48.2 Å². The van der Waals surface area contributed by atoms with Gasteiger partial charge in [-0.05, 0) is 86.9 Å². The maximum atomic E-state index is 4.93. The van der Waals surface area contributed by atoms with Crippen LogP contribution in [0.25, 0.3) is 0 Å². The number of fused-ring (bicyclic) bond motifs is 2. The molecular weight excluding hydrogens is 312 g/mol. The molecule has 0 fully saturated rings. The predicted octanol–water partition coefficient (Wildman–Crippen LogP) is 4.04. The molecule has 2 aliphatic rings. The van der Waals surface area contributed by atoms with E-state index in [0.717, 1.165) is 25.7 Å². The molecule has 116 valence electrons. The number of aryl methyl sites for hydroxylation is 4. The van der Waals surface area contributed by atoms with E-state index in [-0.39, 0.29) is 0 Å². The summed E-state index contributed by atoms with van der Waals surface area (Å²) in [5, 5.41) is 0. The van der Waals surface area contributed by atoms with E-state index in [1.807, 2.05) is 12.4 Å². The average Bonchev–Trinajstić information content (AvgIpc) is 2.55. The first-order valence-electron chi connectivity index (χ1n) is 7.86. The van der Waals surface area contributed by atoms with Gasteiger partial charge in [-0.3, -0.25) is 0 Å². The number of hydrogen-bond donors (Lipinski definition) is 2. The summed E-state index contributed by atoms with van der Waals surface area (Å²) in [5.74, 6) is 0. The SMILES string of the molecule is S=c1ncc2c([nH]1)CCCC2.S=c1ncc2c([nH]1)CCCC2. The van der Waals surface area contributed by atoms with Crippen LogP contribution < -0.4 is 0 Å². The molecule has 0 saturated heterocycles. The highest BCUT2D eigenvalue weighted by Gasteiger charge is 2.09. The Labute approximate surface area is 140 Å². The van der Waals surface area contributed by atoms with Gasteiger partial charge in [0.15, 0.2) is 9.54 Å². The topological polar surface area (TPSA) is 57.4 Å². The van der Waals surface area contributed by atoms with Gasteiger partial charge in [0.1, 0.15) is 0 Å². The van der Waals surface area contributed by atoms with Gasteiger partial charge in [-0.2, -0.15) is 0 Å². The van der Waals surface area contributed by atoms with Crippen LogP contribution in [-0.2, 0) is 25.7 Å². The summed E-state index contributed by atoms with van der Waals surface area (Å²) in [5.41, 5.74) is 5.31. The van der Waals surface area contributed by atoms with E-state index in [0.29, 0.717) is 9.54 Å². The summed E-state index contributed by atoms with van der Waals surface area (Å²) in [4.78, 5) is 14.4. The van der Waals surface area contributed by atoms with Gasteiger partial charge in [0.05, 0.1) is 0 Å². The molecule has 0 unspecified atom stereocenters. The van der Waals surface area contributed by atoms with Gasteiger partial charge in [-0.15, -0.1) is 0 Å². The average molecular weight is 332 g/mol. The number of H-pyrrole nitrogens is 2. The summed E-state index contributed by atoms with van der Waals surface area (Å²) >= 11 is 9.86. The Bertz CT molecular complexity index is 698. The molecule has 2 aromatic heterocycles. The Morgan fingerprint density at radius 3 is 1.55 bits per heavy atom. The smallest absolute Gasteiger partial charge is 0.196 e. The van der Waals surface area contributed by atoms with Gasteiger partial charge in [-0.25, -0.2) is 9.97 Å². The van der Waals surface area contributed by atoms with Crippen molar-refractivity contribution in [1.29, 1.82) is 0 Å². The molecule has 0 amide bonds. The van der Waals surface area contributed by atoms with E-state index in [9.17, 15) is 0 Å². The van der Waals surface area contributed by atoms with Crippen LogP contribution >= 0.6 is 24.4 Å². The monoisotopic (exact) mass is 332 g/mol. The van der Waals surface area contributed by atoms with Gasteiger partial charge in [0, 0.05) is 23.8 Å². The molecule has 2 heterocycles. The summed E-state index contributed by atoms with van der Waals surface area (Å²) in [7, 11) is 0. The van der Waals surface area contributed by atoms with E-state index >= 15 is 0 Å². The number of aromatic nitrogens is 4. The number of aromatic amines is 2. The lowest BCUT2D eigenvalue weighted by molar-refractivity contribution is 0.660. The minimum atomic E-state index is 0.616. The van der Waals surface area contributed by atoms with Crippen LogP contribution in [0.2, 0.25) is 0 Å². The standard InChI is InChI=1S/2C8H10N2S/c2*11-8-9-5-6-3-1-2-4-7(6)10-8/h2*5H,1-4H2,(H,9,10,11). The maximum absolute atomic E-state index is 4.93. The quantitative estimate of drug-likeness (QED) is 0.715. The third kappa shape index (κ3) is 3.87. The Morgan fingerprint density at radius 1 is 0.682 bits per heavy atom. The van der Waals surface area contributed by atoms with Gasteiger partial charge >= 0.3 is 0 Å². The second kappa shape index (κ2) is 7.24. The zero-order valence-electron chi connectivity index (χ0n) is 12.5. The summed E-state index contributed by atoms with van der Waals surface area (Å²) in [6.45, 7) is 0. The maximum Gasteiger partial charge on any atom is 0.196 e. The lowest BCUT2D eigenvalue weighted by Gasteiger charge is -2.13. The normalized spacial score (nSPS) is 16.0. The third-order valence-corrected chi connectivity index (χ3v) is 4.63. The Kier molecular flexibility index (Phi) is 5.10. The van der Waals surface area contributed by atoms with Crippen molar-refractivity contribution in [1.82, 2.24) is 19.9 Å². The van der Waals surface area contributed by atoms with Crippen molar-refractivity contribution in [3.63, 3.8) is 0 Å². The molecule has 4 rings (SSSR count). The molecule has 6 heteroatoms. The molecule has 0 aliphatic heterocycles. The van der Waals surface area contributed by atoms with E-state index in [1.165, 1.54) is 48.2 Å². The first kappa shape index (κ1) is 15.5. The highest BCUT2D eigenvalue weighted by molar-refractivity contribution is 7.71. The molecule has 0 saturated carbocycles. The van der Waals surface area contributed by atoms with Crippen LogP contribution in [-0.4, -0.2) is 19.9 Å². The van der Waals surface area contributed by atoms with Crippen molar-refractivity contribution >= 4 is 24.4 Å². The molecule has 4 nitrogen and oxygen atoms in total. The van der Waals surface area contributed by atoms with Crippen molar-refractivity contribution in [2.24, 2.45) is 0 Å². The van der Waals surface area contributed by atoms with Crippen LogP contribution in [0.15, 0.2) is 12.4 Å². The Morgan fingerprint density at radius 2 is 1.09 bits per heavy atom. The zero-order valence-corrected chi connectivity index (χ0v) is 14.2. The highest BCUT2D eigenvalue weighted by atomic mass is 32.1.